The van der Waals surface area contributed by atoms with E-state index >= 15 is 0 Å². The molecule has 0 saturated carbocycles. The number of piperidine rings is 1. The molecule has 0 atom stereocenters. The molecule has 1 fully saturated rings. The maximum atomic E-state index is 13.4. The van der Waals surface area contributed by atoms with Crippen LogP contribution in [-0.4, -0.2) is 48.5 Å². The van der Waals surface area contributed by atoms with Crippen LogP contribution in [0.1, 0.15) is 29.5 Å². The highest BCUT2D eigenvalue weighted by Crippen LogP contribution is 2.21. The van der Waals surface area contributed by atoms with Crippen molar-refractivity contribution >= 4 is 12.0 Å². The number of benzene rings is 3. The zero-order valence-corrected chi connectivity index (χ0v) is 20.0. The molecule has 0 aliphatic carbocycles. The molecular formula is C30H34N2O2. The van der Waals surface area contributed by atoms with Crippen molar-refractivity contribution in [1.29, 1.82) is 0 Å². The highest BCUT2D eigenvalue weighted by atomic mass is 16.5. The molecule has 1 saturated heterocycles. The standard InChI is InChI=1S/C30H34N2O2/c1-34-29-16-14-26(15-17-29)23-30(33)32(20-8-13-25-9-4-2-5-10-25)28-18-21-31(22-19-28)24-27-11-6-3-7-12-27/h2-17,28H,18-24H2,1H3. The summed E-state index contributed by atoms with van der Waals surface area (Å²) in [5, 5.41) is 0. The molecule has 0 spiro atoms. The molecule has 0 N–H and O–H groups in total. The monoisotopic (exact) mass is 454 g/mol. The third-order valence-corrected chi connectivity index (χ3v) is 6.49. The zero-order chi connectivity index (χ0) is 23.6. The smallest absolute Gasteiger partial charge is 0.227 e. The summed E-state index contributed by atoms with van der Waals surface area (Å²) in [6, 6.07) is 29.0. The van der Waals surface area contributed by atoms with Gasteiger partial charge in [0, 0.05) is 32.2 Å². The molecule has 176 valence electrons. The van der Waals surface area contributed by atoms with Crippen molar-refractivity contribution in [3.05, 3.63) is 108 Å². The average molecular weight is 455 g/mol. The van der Waals surface area contributed by atoms with Gasteiger partial charge in [-0.05, 0) is 41.7 Å². The summed E-state index contributed by atoms with van der Waals surface area (Å²) in [5.74, 6) is 0.994. The van der Waals surface area contributed by atoms with E-state index in [1.807, 2.05) is 42.5 Å². The number of amides is 1. The summed E-state index contributed by atoms with van der Waals surface area (Å²) in [6.45, 7) is 3.62. The molecule has 1 aliphatic rings. The molecule has 3 aromatic carbocycles. The van der Waals surface area contributed by atoms with Gasteiger partial charge in [-0.2, -0.15) is 0 Å². The molecule has 1 aliphatic heterocycles. The van der Waals surface area contributed by atoms with Crippen molar-refractivity contribution in [2.45, 2.75) is 31.8 Å². The normalized spacial score (nSPS) is 14.9. The lowest BCUT2D eigenvalue weighted by molar-refractivity contribution is -0.133. The van der Waals surface area contributed by atoms with Crippen LogP contribution in [0.2, 0.25) is 0 Å². The summed E-state index contributed by atoms with van der Waals surface area (Å²) in [5.41, 5.74) is 3.52. The SMILES string of the molecule is COc1ccc(CC(=O)N(CC=Cc2ccccc2)C2CCN(Cc3ccccc3)CC2)cc1. The Balaban J connectivity index is 1.41. The molecule has 0 radical (unpaired) electrons. The number of rotatable bonds is 9. The molecule has 34 heavy (non-hydrogen) atoms. The first-order valence-corrected chi connectivity index (χ1v) is 12.1. The number of ether oxygens (including phenoxy) is 1. The largest absolute Gasteiger partial charge is 0.497 e. The number of nitrogens with zero attached hydrogens (tertiary/aromatic N) is 2. The van der Waals surface area contributed by atoms with Gasteiger partial charge < -0.3 is 9.64 Å². The first-order valence-electron chi connectivity index (χ1n) is 12.1. The van der Waals surface area contributed by atoms with Crippen LogP contribution in [0.3, 0.4) is 0 Å². The van der Waals surface area contributed by atoms with Crippen LogP contribution in [0, 0.1) is 0 Å². The molecule has 0 unspecified atom stereocenters. The van der Waals surface area contributed by atoms with Gasteiger partial charge in [-0.15, -0.1) is 0 Å². The Hall–Kier alpha value is -3.37. The molecule has 4 nitrogen and oxygen atoms in total. The van der Waals surface area contributed by atoms with Gasteiger partial charge in [-0.25, -0.2) is 0 Å². The predicted octanol–water partition coefficient (Wildman–Crippen LogP) is 5.44. The van der Waals surface area contributed by atoms with Crippen LogP contribution in [0.5, 0.6) is 5.75 Å². The Morgan fingerprint density at radius 1 is 0.912 bits per heavy atom. The van der Waals surface area contributed by atoms with Crippen molar-refractivity contribution < 1.29 is 9.53 Å². The Morgan fingerprint density at radius 2 is 1.56 bits per heavy atom. The third kappa shape index (κ3) is 6.82. The van der Waals surface area contributed by atoms with Crippen molar-refractivity contribution in [3.63, 3.8) is 0 Å². The lowest BCUT2D eigenvalue weighted by atomic mass is 10.0. The average Bonchev–Trinajstić information content (AvgIpc) is 2.89. The molecule has 1 amide bonds. The minimum atomic E-state index is 0.185. The molecule has 1 heterocycles. The van der Waals surface area contributed by atoms with E-state index < -0.39 is 0 Å². The summed E-state index contributed by atoms with van der Waals surface area (Å²) < 4.78 is 5.26. The highest BCUT2D eigenvalue weighted by Gasteiger charge is 2.27. The van der Waals surface area contributed by atoms with Gasteiger partial charge in [0.1, 0.15) is 5.75 Å². The predicted molar refractivity (Wildman–Crippen MR) is 139 cm³/mol. The second kappa shape index (κ2) is 12.2. The first-order chi connectivity index (χ1) is 16.7. The molecular weight excluding hydrogens is 420 g/mol. The second-order valence-corrected chi connectivity index (χ2v) is 8.88. The summed E-state index contributed by atoms with van der Waals surface area (Å²) in [7, 11) is 1.66. The Morgan fingerprint density at radius 3 is 2.21 bits per heavy atom. The van der Waals surface area contributed by atoms with E-state index in [1.165, 1.54) is 5.56 Å². The Kier molecular flexibility index (Phi) is 8.53. The van der Waals surface area contributed by atoms with Gasteiger partial charge in [0.05, 0.1) is 13.5 Å². The number of carbonyl (C=O) groups excluding carboxylic acids is 1. The molecule has 0 bridgehead atoms. The Labute approximate surface area is 203 Å². The quantitative estimate of drug-likeness (QED) is 0.431. The van der Waals surface area contributed by atoms with Gasteiger partial charge in [0.25, 0.3) is 0 Å². The topological polar surface area (TPSA) is 32.8 Å². The van der Waals surface area contributed by atoms with Crippen LogP contribution in [0.15, 0.2) is 91.0 Å². The van der Waals surface area contributed by atoms with E-state index in [1.54, 1.807) is 7.11 Å². The van der Waals surface area contributed by atoms with Gasteiger partial charge in [-0.1, -0.05) is 84.9 Å². The fourth-order valence-electron chi connectivity index (χ4n) is 4.57. The van der Waals surface area contributed by atoms with Gasteiger partial charge in [-0.3, -0.25) is 9.69 Å². The van der Waals surface area contributed by atoms with Crippen molar-refractivity contribution in [3.8, 4) is 5.75 Å². The highest BCUT2D eigenvalue weighted by molar-refractivity contribution is 5.79. The maximum Gasteiger partial charge on any atom is 0.227 e. The number of carbonyl (C=O) groups is 1. The minimum Gasteiger partial charge on any atom is -0.497 e. The van der Waals surface area contributed by atoms with Crippen LogP contribution in [-0.2, 0) is 17.8 Å². The van der Waals surface area contributed by atoms with E-state index in [2.05, 4.69) is 64.4 Å². The van der Waals surface area contributed by atoms with Crippen molar-refractivity contribution in [2.24, 2.45) is 0 Å². The fourth-order valence-corrected chi connectivity index (χ4v) is 4.57. The minimum absolute atomic E-state index is 0.185. The summed E-state index contributed by atoms with van der Waals surface area (Å²) >= 11 is 0. The van der Waals surface area contributed by atoms with Gasteiger partial charge in [0.2, 0.25) is 5.91 Å². The zero-order valence-electron chi connectivity index (χ0n) is 20.0. The molecule has 3 aromatic rings. The van der Waals surface area contributed by atoms with Crippen LogP contribution < -0.4 is 4.74 Å². The van der Waals surface area contributed by atoms with Gasteiger partial charge in [0.15, 0.2) is 0 Å². The van der Waals surface area contributed by atoms with Crippen molar-refractivity contribution in [2.75, 3.05) is 26.7 Å². The summed E-state index contributed by atoms with van der Waals surface area (Å²) in [4.78, 5) is 18.0. The van der Waals surface area contributed by atoms with E-state index in [4.69, 9.17) is 4.74 Å². The Bertz CT molecular complexity index is 1040. The van der Waals surface area contributed by atoms with Crippen molar-refractivity contribution in [1.82, 2.24) is 9.80 Å². The van der Waals surface area contributed by atoms with Crippen LogP contribution in [0.4, 0.5) is 0 Å². The lowest BCUT2D eigenvalue weighted by Crippen LogP contribution is -2.47. The molecule has 4 heteroatoms. The van der Waals surface area contributed by atoms with E-state index in [0.29, 0.717) is 13.0 Å². The number of hydrogen-bond acceptors (Lipinski definition) is 3. The maximum absolute atomic E-state index is 13.4. The number of hydrogen-bond donors (Lipinski definition) is 0. The van der Waals surface area contributed by atoms with Gasteiger partial charge >= 0.3 is 0 Å². The van der Waals surface area contributed by atoms with Crippen LogP contribution >= 0.6 is 0 Å². The first kappa shape index (κ1) is 23.8. The second-order valence-electron chi connectivity index (χ2n) is 8.88. The molecule has 4 rings (SSSR count). The van der Waals surface area contributed by atoms with E-state index in [-0.39, 0.29) is 11.9 Å². The number of methoxy groups -OCH3 is 1. The third-order valence-electron chi connectivity index (χ3n) is 6.49. The fraction of sp³-hybridized carbons (Fsp3) is 0.300. The number of likely N-dealkylation sites (tertiary alicyclic amines) is 1. The molecule has 0 aromatic heterocycles. The van der Waals surface area contributed by atoms with E-state index in [9.17, 15) is 4.79 Å². The van der Waals surface area contributed by atoms with E-state index in [0.717, 1.165) is 49.4 Å². The van der Waals surface area contributed by atoms with Crippen LogP contribution in [0.25, 0.3) is 6.08 Å². The lowest BCUT2D eigenvalue weighted by Gasteiger charge is -2.38. The summed E-state index contributed by atoms with van der Waals surface area (Å²) in [6.07, 6.45) is 6.64.